The van der Waals surface area contributed by atoms with E-state index in [0.29, 0.717) is 0 Å². The van der Waals surface area contributed by atoms with Crippen LogP contribution in [0.15, 0.2) is 47.2 Å². The monoisotopic (exact) mass is 268 g/mol. The molecule has 0 spiro atoms. The van der Waals surface area contributed by atoms with Gasteiger partial charge in [0.05, 0.1) is 5.71 Å². The number of aromatic nitrogens is 1. The lowest BCUT2D eigenvalue weighted by molar-refractivity contribution is 0.818. The van der Waals surface area contributed by atoms with Crippen molar-refractivity contribution in [3.8, 4) is 0 Å². The number of rotatable bonds is 2. The number of allylic oxidation sites excluding steroid dienone is 1. The van der Waals surface area contributed by atoms with E-state index in [-0.39, 0.29) is 0 Å². The van der Waals surface area contributed by atoms with E-state index < -0.39 is 0 Å². The van der Waals surface area contributed by atoms with E-state index >= 15 is 0 Å². The summed E-state index contributed by atoms with van der Waals surface area (Å²) in [5, 5.41) is 0. The van der Waals surface area contributed by atoms with Crippen molar-refractivity contribution in [2.75, 3.05) is 6.54 Å². The minimum absolute atomic E-state index is 0.922. The van der Waals surface area contributed by atoms with E-state index in [1.165, 1.54) is 15.3 Å². The highest BCUT2D eigenvalue weighted by atomic mass is 32.1. The van der Waals surface area contributed by atoms with E-state index in [4.69, 9.17) is 4.99 Å². The summed E-state index contributed by atoms with van der Waals surface area (Å²) < 4.78 is 0. The first-order valence-corrected chi connectivity index (χ1v) is 7.37. The maximum Gasteiger partial charge on any atom is 0.0694 e. The molecule has 0 radical (unpaired) electrons. The molecule has 0 saturated carbocycles. The van der Waals surface area contributed by atoms with Crippen LogP contribution in [0, 0.1) is 6.92 Å². The Labute approximate surface area is 117 Å². The molecule has 96 valence electrons. The number of nitrogens with zero attached hydrogens (tertiary/aromatic N) is 2. The Bertz CT molecular complexity index is 623. The third-order valence-corrected chi connectivity index (χ3v) is 4.14. The van der Waals surface area contributed by atoms with E-state index in [1.807, 2.05) is 23.6 Å². The molecular weight excluding hydrogens is 252 g/mol. The van der Waals surface area contributed by atoms with E-state index in [0.717, 1.165) is 30.7 Å². The van der Waals surface area contributed by atoms with Gasteiger partial charge in [-0.1, -0.05) is 0 Å². The molecule has 2 aromatic heterocycles. The SMILES string of the molecule is Cc1ccc(C=C2CCCN=C2c2cccnc2)s1. The van der Waals surface area contributed by atoms with E-state index in [1.54, 1.807) is 6.20 Å². The Balaban J connectivity index is 1.98. The molecule has 0 bridgehead atoms. The lowest BCUT2D eigenvalue weighted by Gasteiger charge is -2.15. The molecule has 2 nitrogen and oxygen atoms in total. The van der Waals surface area contributed by atoms with Crippen LogP contribution in [0.5, 0.6) is 0 Å². The Morgan fingerprint density at radius 2 is 2.21 bits per heavy atom. The summed E-state index contributed by atoms with van der Waals surface area (Å²) >= 11 is 1.83. The van der Waals surface area contributed by atoms with Crippen LogP contribution in [0.2, 0.25) is 0 Å². The molecule has 0 atom stereocenters. The topological polar surface area (TPSA) is 25.2 Å². The molecule has 1 aliphatic heterocycles. The maximum absolute atomic E-state index is 4.70. The fourth-order valence-corrected chi connectivity index (χ4v) is 3.15. The molecular formula is C16H16N2S. The van der Waals surface area contributed by atoms with Crippen molar-refractivity contribution in [3.05, 3.63) is 57.6 Å². The third kappa shape index (κ3) is 2.82. The molecule has 3 heterocycles. The number of hydrogen-bond donors (Lipinski definition) is 0. The van der Waals surface area contributed by atoms with Crippen molar-refractivity contribution >= 4 is 23.1 Å². The second kappa shape index (κ2) is 5.49. The second-order valence-electron chi connectivity index (χ2n) is 4.69. The number of hydrogen-bond acceptors (Lipinski definition) is 3. The van der Waals surface area contributed by atoms with Crippen LogP contribution in [-0.4, -0.2) is 17.2 Å². The first-order chi connectivity index (χ1) is 9.33. The molecule has 0 amide bonds. The molecule has 0 aromatic carbocycles. The molecule has 3 rings (SSSR count). The summed E-state index contributed by atoms with van der Waals surface area (Å²) in [4.78, 5) is 11.6. The van der Waals surface area contributed by atoms with E-state index in [2.05, 4.69) is 36.2 Å². The second-order valence-corrected chi connectivity index (χ2v) is 6.01. The van der Waals surface area contributed by atoms with Gasteiger partial charge in [0.25, 0.3) is 0 Å². The molecule has 0 fully saturated rings. The minimum Gasteiger partial charge on any atom is -0.284 e. The summed E-state index contributed by atoms with van der Waals surface area (Å²) in [5.74, 6) is 0. The summed E-state index contributed by atoms with van der Waals surface area (Å²) in [6.07, 6.45) is 8.23. The summed E-state index contributed by atoms with van der Waals surface area (Å²) in [6, 6.07) is 8.41. The van der Waals surface area contributed by atoms with Crippen LogP contribution in [-0.2, 0) is 0 Å². The molecule has 1 aliphatic rings. The van der Waals surface area contributed by atoms with E-state index in [9.17, 15) is 0 Å². The summed E-state index contributed by atoms with van der Waals surface area (Å²) in [5.41, 5.74) is 3.58. The van der Waals surface area contributed by atoms with Gasteiger partial charge >= 0.3 is 0 Å². The Morgan fingerprint density at radius 1 is 1.26 bits per heavy atom. The van der Waals surface area contributed by atoms with Gasteiger partial charge in [-0.15, -0.1) is 11.3 Å². The van der Waals surface area contributed by atoms with Crippen LogP contribution in [0.4, 0.5) is 0 Å². The van der Waals surface area contributed by atoms with Crippen molar-refractivity contribution in [1.82, 2.24) is 4.98 Å². The van der Waals surface area contributed by atoms with Crippen LogP contribution in [0.3, 0.4) is 0 Å². The fraction of sp³-hybridized carbons (Fsp3) is 0.250. The molecule has 0 unspecified atom stereocenters. The smallest absolute Gasteiger partial charge is 0.0694 e. The van der Waals surface area contributed by atoms with Gasteiger partial charge in [-0.25, -0.2) is 0 Å². The van der Waals surface area contributed by atoms with Crippen LogP contribution in [0.1, 0.15) is 28.2 Å². The first-order valence-electron chi connectivity index (χ1n) is 6.55. The van der Waals surface area contributed by atoms with Gasteiger partial charge in [-0.3, -0.25) is 9.98 Å². The minimum atomic E-state index is 0.922. The average Bonchev–Trinajstić information content (AvgIpc) is 2.86. The first kappa shape index (κ1) is 12.3. The molecule has 19 heavy (non-hydrogen) atoms. The predicted molar refractivity (Wildman–Crippen MR) is 81.9 cm³/mol. The fourth-order valence-electron chi connectivity index (χ4n) is 2.30. The number of aryl methyl sites for hydroxylation is 1. The maximum atomic E-state index is 4.70. The molecule has 0 saturated heterocycles. The van der Waals surface area contributed by atoms with Gasteiger partial charge < -0.3 is 0 Å². The zero-order chi connectivity index (χ0) is 13.1. The van der Waals surface area contributed by atoms with Gasteiger partial charge in [0.15, 0.2) is 0 Å². The number of thiophene rings is 1. The lowest BCUT2D eigenvalue weighted by atomic mass is 9.96. The van der Waals surface area contributed by atoms with Gasteiger partial charge in [0.1, 0.15) is 0 Å². The molecule has 2 aromatic rings. The Morgan fingerprint density at radius 3 is 2.95 bits per heavy atom. The molecule has 0 N–H and O–H groups in total. The van der Waals surface area contributed by atoms with Crippen molar-refractivity contribution < 1.29 is 0 Å². The van der Waals surface area contributed by atoms with Crippen LogP contribution in [0.25, 0.3) is 6.08 Å². The highest BCUT2D eigenvalue weighted by Crippen LogP contribution is 2.24. The van der Waals surface area contributed by atoms with Gasteiger partial charge in [0.2, 0.25) is 0 Å². The van der Waals surface area contributed by atoms with Crippen LogP contribution >= 0.6 is 11.3 Å². The van der Waals surface area contributed by atoms with Gasteiger partial charge in [-0.2, -0.15) is 0 Å². The molecule has 0 aliphatic carbocycles. The van der Waals surface area contributed by atoms with Crippen molar-refractivity contribution in [1.29, 1.82) is 0 Å². The highest BCUT2D eigenvalue weighted by molar-refractivity contribution is 7.12. The Hall–Kier alpha value is -1.74. The predicted octanol–water partition coefficient (Wildman–Crippen LogP) is 4.12. The average molecular weight is 268 g/mol. The van der Waals surface area contributed by atoms with Crippen molar-refractivity contribution in [3.63, 3.8) is 0 Å². The Kier molecular flexibility index (Phi) is 3.56. The zero-order valence-corrected chi connectivity index (χ0v) is 11.8. The van der Waals surface area contributed by atoms with Crippen molar-refractivity contribution in [2.24, 2.45) is 4.99 Å². The van der Waals surface area contributed by atoms with Gasteiger partial charge in [-0.05, 0) is 55.7 Å². The van der Waals surface area contributed by atoms with Crippen LogP contribution < -0.4 is 0 Å². The zero-order valence-electron chi connectivity index (χ0n) is 11.0. The normalized spacial score (nSPS) is 17.5. The number of aliphatic imine (C=N–C) groups is 1. The summed E-state index contributed by atoms with van der Waals surface area (Å²) in [6.45, 7) is 3.06. The summed E-state index contributed by atoms with van der Waals surface area (Å²) in [7, 11) is 0. The lowest BCUT2D eigenvalue weighted by Crippen LogP contribution is -2.11. The highest BCUT2D eigenvalue weighted by Gasteiger charge is 2.14. The third-order valence-electron chi connectivity index (χ3n) is 3.19. The standard InChI is InChI=1S/C16H16N2S/c1-12-6-7-15(19-12)10-13-4-3-9-18-16(13)14-5-2-8-17-11-14/h2,5-8,10-11H,3-4,9H2,1H3. The largest absolute Gasteiger partial charge is 0.284 e. The van der Waals surface area contributed by atoms with Gasteiger partial charge in [0, 0.05) is 34.3 Å². The van der Waals surface area contributed by atoms with Crippen molar-refractivity contribution in [2.45, 2.75) is 19.8 Å². The molecule has 3 heteroatoms. The quantitative estimate of drug-likeness (QED) is 0.804. The number of pyridine rings is 1.